The van der Waals surface area contributed by atoms with Crippen molar-refractivity contribution in [3.8, 4) is 5.69 Å². The molecular weight excluding hydrogens is 492 g/mol. The predicted octanol–water partition coefficient (Wildman–Crippen LogP) is 2.51. The number of nitrogens with zero attached hydrogens (tertiary/aromatic N) is 2. The number of carbonyl (C=O) groups excluding carboxylic acids is 3. The summed E-state index contributed by atoms with van der Waals surface area (Å²) in [5, 5.41) is 6.16. The van der Waals surface area contributed by atoms with Gasteiger partial charge >= 0.3 is 16.6 Å². The number of thiophene rings is 1. The van der Waals surface area contributed by atoms with Crippen LogP contribution in [-0.4, -0.2) is 46.9 Å². The third kappa shape index (κ3) is 5.49. The number of amides is 2. The van der Waals surface area contributed by atoms with Gasteiger partial charge in [0.15, 0.2) is 0 Å². The molecule has 0 unspecified atom stereocenters. The summed E-state index contributed by atoms with van der Waals surface area (Å²) in [4.78, 5) is 51.9. The van der Waals surface area contributed by atoms with Crippen LogP contribution in [0.5, 0.6) is 0 Å². The van der Waals surface area contributed by atoms with Gasteiger partial charge in [-0.3, -0.25) is 14.1 Å². The number of aromatic nitrogens is 2. The second kappa shape index (κ2) is 10.9. The summed E-state index contributed by atoms with van der Waals surface area (Å²) in [6.45, 7) is 4.36. The SMILES string of the molecule is CCOC(=O)c1c(NC(=O)CCSc2c(=O)o[nH][n+]2-c2ccccc2)sc2c1CCN(C(C)=O)C2. The molecule has 12 heteroatoms. The van der Waals surface area contributed by atoms with Crippen LogP contribution < -0.4 is 15.6 Å². The van der Waals surface area contributed by atoms with Crippen molar-refractivity contribution in [2.45, 2.75) is 38.3 Å². The molecule has 0 radical (unpaired) electrons. The zero-order valence-electron chi connectivity index (χ0n) is 19.3. The number of ether oxygens (including phenoxy) is 1. The number of thioether (sulfide) groups is 1. The first-order valence-corrected chi connectivity index (χ1v) is 12.9. The van der Waals surface area contributed by atoms with Crippen molar-refractivity contribution >= 4 is 45.9 Å². The Bertz CT molecular complexity index is 1300. The Morgan fingerprint density at radius 1 is 1.29 bits per heavy atom. The summed E-state index contributed by atoms with van der Waals surface area (Å²) in [5.74, 6) is -0.499. The number of carbonyl (C=O) groups is 3. The van der Waals surface area contributed by atoms with E-state index in [2.05, 4.69) is 10.6 Å². The lowest BCUT2D eigenvalue weighted by molar-refractivity contribution is -0.704. The lowest BCUT2D eigenvalue weighted by Crippen LogP contribution is -2.36. The van der Waals surface area contributed by atoms with E-state index in [0.29, 0.717) is 40.9 Å². The number of anilines is 1. The van der Waals surface area contributed by atoms with Crippen molar-refractivity contribution in [2.24, 2.45) is 0 Å². The van der Waals surface area contributed by atoms with E-state index in [1.807, 2.05) is 30.3 Å². The van der Waals surface area contributed by atoms with E-state index in [1.54, 1.807) is 11.8 Å². The van der Waals surface area contributed by atoms with Crippen LogP contribution >= 0.6 is 23.1 Å². The zero-order valence-corrected chi connectivity index (χ0v) is 20.9. The molecule has 0 saturated heterocycles. The third-order valence-corrected chi connectivity index (χ3v) is 7.59. The second-order valence-electron chi connectivity index (χ2n) is 7.72. The molecule has 184 valence electrons. The summed E-state index contributed by atoms with van der Waals surface area (Å²) < 4.78 is 11.7. The van der Waals surface area contributed by atoms with Crippen LogP contribution in [0, 0.1) is 0 Å². The lowest BCUT2D eigenvalue weighted by atomic mass is 10.0. The van der Waals surface area contributed by atoms with E-state index in [-0.39, 0.29) is 24.8 Å². The molecular formula is C23H25N4O6S2+. The minimum absolute atomic E-state index is 0.0358. The molecule has 0 spiro atoms. The molecule has 1 aromatic carbocycles. The lowest BCUT2D eigenvalue weighted by Gasteiger charge is -2.25. The van der Waals surface area contributed by atoms with Gasteiger partial charge in [0.2, 0.25) is 17.5 Å². The first-order chi connectivity index (χ1) is 16.9. The van der Waals surface area contributed by atoms with Gasteiger partial charge in [0.1, 0.15) is 5.00 Å². The highest BCUT2D eigenvalue weighted by atomic mass is 32.2. The van der Waals surface area contributed by atoms with Crippen molar-refractivity contribution in [3.63, 3.8) is 0 Å². The monoisotopic (exact) mass is 517 g/mol. The molecule has 0 fully saturated rings. The van der Waals surface area contributed by atoms with Gasteiger partial charge < -0.3 is 15.0 Å². The molecule has 3 aromatic rings. The molecule has 4 rings (SSSR count). The van der Waals surface area contributed by atoms with E-state index in [9.17, 15) is 19.2 Å². The van der Waals surface area contributed by atoms with Gasteiger partial charge in [0, 0.05) is 42.7 Å². The van der Waals surface area contributed by atoms with Crippen LogP contribution in [0.25, 0.3) is 5.69 Å². The van der Waals surface area contributed by atoms with Crippen LogP contribution in [0.3, 0.4) is 0 Å². The average molecular weight is 518 g/mol. The van der Waals surface area contributed by atoms with E-state index < -0.39 is 11.6 Å². The van der Waals surface area contributed by atoms with Crippen molar-refractivity contribution in [3.05, 3.63) is 56.8 Å². The molecule has 3 heterocycles. The van der Waals surface area contributed by atoms with E-state index in [4.69, 9.17) is 9.26 Å². The number of fused-ring (bicyclic) bond motifs is 1. The van der Waals surface area contributed by atoms with Gasteiger partial charge in [-0.05, 0) is 40.6 Å². The highest BCUT2D eigenvalue weighted by Crippen LogP contribution is 2.37. The number of H-pyrrole nitrogens is 1. The number of esters is 1. The summed E-state index contributed by atoms with van der Waals surface area (Å²) >= 11 is 2.49. The van der Waals surface area contributed by atoms with Crippen LogP contribution in [0.15, 0.2) is 44.7 Å². The topological polar surface area (TPSA) is 126 Å². The van der Waals surface area contributed by atoms with Crippen LogP contribution in [0.1, 0.15) is 41.1 Å². The molecule has 2 amide bonds. The van der Waals surface area contributed by atoms with Crippen molar-refractivity contribution in [2.75, 3.05) is 24.2 Å². The maximum Gasteiger partial charge on any atom is 0.442 e. The van der Waals surface area contributed by atoms with Crippen LogP contribution in [0.4, 0.5) is 5.00 Å². The standard InChI is InChI=1S/C23H24N4O6S2/c1-3-32-22(30)19-16-9-11-26(14(2)28)13-17(16)35-20(19)24-18(29)10-12-34-21-23(31)33-25-27(21)15-7-5-4-6-8-15/h4-8H,3,9-13H2,1-2H3,(H-,24,25,29,30,31)/p+1. The van der Waals surface area contributed by atoms with E-state index in [0.717, 1.165) is 16.1 Å². The van der Waals surface area contributed by atoms with E-state index >= 15 is 0 Å². The minimum atomic E-state index is -0.523. The molecule has 1 aliphatic heterocycles. The number of nitrogens with one attached hydrogen (secondary N) is 2. The highest BCUT2D eigenvalue weighted by Gasteiger charge is 2.30. The molecule has 2 aromatic heterocycles. The Balaban J connectivity index is 1.45. The zero-order chi connectivity index (χ0) is 24.9. The Morgan fingerprint density at radius 3 is 2.77 bits per heavy atom. The van der Waals surface area contributed by atoms with Crippen molar-refractivity contribution < 1.29 is 28.3 Å². The van der Waals surface area contributed by atoms with Gasteiger partial charge in [-0.2, -0.15) is 0 Å². The number of aromatic amines is 1. The van der Waals surface area contributed by atoms with Crippen molar-refractivity contribution in [1.29, 1.82) is 0 Å². The number of para-hydroxylation sites is 1. The van der Waals surface area contributed by atoms with Gasteiger partial charge in [-0.15, -0.1) is 11.3 Å². The van der Waals surface area contributed by atoms with Crippen molar-refractivity contribution in [1.82, 2.24) is 10.2 Å². The Morgan fingerprint density at radius 2 is 2.06 bits per heavy atom. The molecule has 0 saturated carbocycles. The fraction of sp³-hybridized carbons (Fsp3) is 0.348. The Labute approximate surface area is 209 Å². The number of hydrogen-bond acceptors (Lipinski definition) is 8. The molecule has 10 nitrogen and oxygen atoms in total. The Kier molecular flexibility index (Phi) is 7.71. The smallest absolute Gasteiger partial charge is 0.442 e. The minimum Gasteiger partial charge on any atom is -0.462 e. The maximum absolute atomic E-state index is 12.7. The number of hydrogen-bond donors (Lipinski definition) is 2. The molecule has 1 aliphatic rings. The molecule has 0 atom stereocenters. The highest BCUT2D eigenvalue weighted by molar-refractivity contribution is 7.99. The fourth-order valence-electron chi connectivity index (χ4n) is 3.74. The normalized spacial score (nSPS) is 12.8. The Hall–Kier alpha value is -3.38. The van der Waals surface area contributed by atoms with Gasteiger partial charge in [-0.1, -0.05) is 18.2 Å². The predicted molar refractivity (Wildman–Crippen MR) is 130 cm³/mol. The second-order valence-corrected chi connectivity index (χ2v) is 9.91. The molecule has 0 aliphatic carbocycles. The molecule has 2 N–H and O–H groups in total. The summed E-state index contributed by atoms with van der Waals surface area (Å²) in [5.41, 5.74) is 1.40. The first kappa shape index (κ1) is 24.7. The summed E-state index contributed by atoms with van der Waals surface area (Å²) in [7, 11) is 0. The number of rotatable bonds is 8. The quantitative estimate of drug-likeness (QED) is 0.267. The van der Waals surface area contributed by atoms with Gasteiger partial charge in [0.05, 0.1) is 18.7 Å². The van der Waals surface area contributed by atoms with Gasteiger partial charge in [-0.25, -0.2) is 9.59 Å². The summed E-state index contributed by atoms with van der Waals surface area (Å²) in [6, 6.07) is 9.19. The largest absolute Gasteiger partial charge is 0.462 e. The fourth-order valence-corrected chi connectivity index (χ4v) is 5.92. The maximum atomic E-state index is 12.7. The molecule has 0 bridgehead atoms. The summed E-state index contributed by atoms with van der Waals surface area (Å²) in [6.07, 6.45) is 0.627. The average Bonchev–Trinajstić information content (AvgIpc) is 3.39. The molecule has 35 heavy (non-hydrogen) atoms. The number of benzene rings is 1. The van der Waals surface area contributed by atoms with Crippen LogP contribution in [0.2, 0.25) is 0 Å². The van der Waals surface area contributed by atoms with E-state index in [1.165, 1.54) is 34.7 Å². The van der Waals surface area contributed by atoms with Crippen LogP contribution in [-0.2, 0) is 27.3 Å². The van der Waals surface area contributed by atoms with Gasteiger partial charge in [0.25, 0.3) is 0 Å². The third-order valence-electron chi connectivity index (χ3n) is 5.42. The first-order valence-electron chi connectivity index (χ1n) is 11.1.